The summed E-state index contributed by atoms with van der Waals surface area (Å²) >= 11 is 0. The van der Waals surface area contributed by atoms with E-state index in [0.717, 1.165) is 31.6 Å². The summed E-state index contributed by atoms with van der Waals surface area (Å²) in [5.41, 5.74) is 5.20. The number of amides is 3. The van der Waals surface area contributed by atoms with Gasteiger partial charge in [0.05, 0.1) is 5.56 Å². The van der Waals surface area contributed by atoms with Crippen molar-refractivity contribution < 1.29 is 14.0 Å². The molecule has 0 atom stereocenters. The largest absolute Gasteiger partial charge is 0.466 e. The molecule has 1 aromatic rings. The first kappa shape index (κ1) is 15.4. The molecule has 1 heterocycles. The highest BCUT2D eigenvalue weighted by Crippen LogP contribution is 2.23. The van der Waals surface area contributed by atoms with Crippen molar-refractivity contribution >= 4 is 11.9 Å². The molecule has 21 heavy (non-hydrogen) atoms. The zero-order valence-electron chi connectivity index (χ0n) is 12.8. The van der Waals surface area contributed by atoms with Gasteiger partial charge >= 0.3 is 6.03 Å². The van der Waals surface area contributed by atoms with Gasteiger partial charge in [-0.1, -0.05) is 6.92 Å². The number of hydrogen-bond donors (Lipinski definition) is 3. The van der Waals surface area contributed by atoms with Gasteiger partial charge in [0.1, 0.15) is 11.5 Å². The molecule has 1 fully saturated rings. The first-order chi connectivity index (χ1) is 9.95. The fourth-order valence-corrected chi connectivity index (χ4v) is 2.66. The van der Waals surface area contributed by atoms with Gasteiger partial charge in [-0.15, -0.1) is 0 Å². The van der Waals surface area contributed by atoms with Crippen molar-refractivity contribution in [1.29, 1.82) is 0 Å². The van der Waals surface area contributed by atoms with Crippen LogP contribution in [0.5, 0.6) is 0 Å². The molecule has 0 unspecified atom stereocenters. The van der Waals surface area contributed by atoms with Crippen molar-refractivity contribution in [3.05, 3.63) is 23.2 Å². The molecule has 3 amide bonds. The second-order valence-corrected chi connectivity index (χ2v) is 5.84. The smallest absolute Gasteiger partial charge is 0.333 e. The lowest BCUT2D eigenvalue weighted by Crippen LogP contribution is -2.50. The van der Waals surface area contributed by atoms with Gasteiger partial charge in [-0.3, -0.25) is 10.2 Å². The number of aryl methyl sites for hydroxylation is 2. The third-order valence-electron chi connectivity index (χ3n) is 3.93. The Balaban J connectivity index is 1.76. The standard InChI is InChI=1S/C15H23N3O3/c1-9-4-6-12(7-5-9)16-15(20)18-17-14(19)13-8-10(2)21-11(13)3/h8-9,12H,4-7H2,1-3H3,(H,17,19)(H2,16,18,20). The van der Waals surface area contributed by atoms with E-state index in [1.165, 1.54) is 0 Å². The van der Waals surface area contributed by atoms with E-state index >= 15 is 0 Å². The summed E-state index contributed by atoms with van der Waals surface area (Å²) < 4.78 is 5.28. The maximum Gasteiger partial charge on any atom is 0.333 e. The Bertz CT molecular complexity index is 516. The summed E-state index contributed by atoms with van der Waals surface area (Å²) in [5.74, 6) is 1.56. The van der Waals surface area contributed by atoms with Crippen molar-refractivity contribution in [3.8, 4) is 0 Å². The zero-order valence-corrected chi connectivity index (χ0v) is 12.8. The maximum atomic E-state index is 11.9. The molecule has 116 valence electrons. The number of furan rings is 1. The van der Waals surface area contributed by atoms with Crippen molar-refractivity contribution in [2.45, 2.75) is 52.5 Å². The van der Waals surface area contributed by atoms with E-state index in [4.69, 9.17) is 4.42 Å². The lowest BCUT2D eigenvalue weighted by molar-refractivity contribution is 0.0934. The molecule has 0 aromatic carbocycles. The number of carbonyl (C=O) groups excluding carboxylic acids is 2. The van der Waals surface area contributed by atoms with E-state index < -0.39 is 0 Å². The highest BCUT2D eigenvalue weighted by Gasteiger charge is 2.20. The zero-order chi connectivity index (χ0) is 15.4. The normalized spacial score (nSPS) is 21.7. The summed E-state index contributed by atoms with van der Waals surface area (Å²) in [7, 11) is 0. The van der Waals surface area contributed by atoms with Crippen LogP contribution in [0.3, 0.4) is 0 Å². The van der Waals surface area contributed by atoms with Crippen molar-refractivity contribution in [2.24, 2.45) is 5.92 Å². The molecule has 0 bridgehead atoms. The minimum Gasteiger partial charge on any atom is -0.466 e. The van der Waals surface area contributed by atoms with Crippen LogP contribution >= 0.6 is 0 Å². The summed E-state index contributed by atoms with van der Waals surface area (Å²) in [5, 5.41) is 2.88. The number of hydrazine groups is 1. The van der Waals surface area contributed by atoms with Gasteiger partial charge in [-0.2, -0.15) is 0 Å². The predicted octanol–water partition coefficient (Wildman–Crippen LogP) is 2.42. The summed E-state index contributed by atoms with van der Waals surface area (Å²) in [4.78, 5) is 23.7. The van der Waals surface area contributed by atoms with Gasteiger partial charge in [0, 0.05) is 6.04 Å². The van der Waals surface area contributed by atoms with Gasteiger partial charge in [-0.25, -0.2) is 10.2 Å². The molecule has 0 saturated heterocycles. The highest BCUT2D eigenvalue weighted by atomic mass is 16.3. The number of nitrogens with one attached hydrogen (secondary N) is 3. The van der Waals surface area contributed by atoms with Crippen molar-refractivity contribution in [2.75, 3.05) is 0 Å². The fraction of sp³-hybridized carbons (Fsp3) is 0.600. The quantitative estimate of drug-likeness (QED) is 0.732. The topological polar surface area (TPSA) is 83.4 Å². The van der Waals surface area contributed by atoms with E-state index in [-0.39, 0.29) is 18.0 Å². The molecular formula is C15H23N3O3. The average molecular weight is 293 g/mol. The van der Waals surface area contributed by atoms with Crippen LogP contribution in [-0.2, 0) is 0 Å². The van der Waals surface area contributed by atoms with E-state index in [1.807, 2.05) is 0 Å². The van der Waals surface area contributed by atoms with Crippen LogP contribution < -0.4 is 16.2 Å². The number of carbonyl (C=O) groups is 2. The maximum absolute atomic E-state index is 11.9. The Labute approximate surface area is 124 Å². The molecule has 2 rings (SSSR count). The van der Waals surface area contributed by atoms with E-state index in [2.05, 4.69) is 23.1 Å². The average Bonchev–Trinajstić information content (AvgIpc) is 2.78. The minimum atomic E-state index is -0.378. The van der Waals surface area contributed by atoms with E-state index in [9.17, 15) is 9.59 Å². The van der Waals surface area contributed by atoms with Crippen molar-refractivity contribution in [3.63, 3.8) is 0 Å². The molecule has 0 aliphatic heterocycles. The third kappa shape index (κ3) is 4.24. The first-order valence-corrected chi connectivity index (χ1v) is 7.39. The summed E-state index contributed by atoms with van der Waals surface area (Å²) in [6.07, 6.45) is 4.24. The predicted molar refractivity (Wildman–Crippen MR) is 78.7 cm³/mol. The van der Waals surface area contributed by atoms with Crippen LogP contribution in [0.25, 0.3) is 0 Å². The second-order valence-electron chi connectivity index (χ2n) is 5.84. The summed E-state index contributed by atoms with van der Waals surface area (Å²) in [6.45, 7) is 5.71. The molecule has 3 N–H and O–H groups in total. The molecular weight excluding hydrogens is 270 g/mol. The van der Waals surface area contributed by atoms with Crippen LogP contribution in [-0.4, -0.2) is 18.0 Å². The van der Waals surface area contributed by atoms with Crippen LogP contribution in [0.2, 0.25) is 0 Å². The van der Waals surface area contributed by atoms with Gasteiger partial charge in [-0.05, 0) is 51.5 Å². The van der Waals surface area contributed by atoms with Crippen LogP contribution in [0.15, 0.2) is 10.5 Å². The van der Waals surface area contributed by atoms with Gasteiger partial charge in [0.15, 0.2) is 0 Å². The van der Waals surface area contributed by atoms with Crippen LogP contribution in [0.4, 0.5) is 4.79 Å². The fourth-order valence-electron chi connectivity index (χ4n) is 2.66. The van der Waals surface area contributed by atoms with Crippen molar-refractivity contribution in [1.82, 2.24) is 16.2 Å². The Kier molecular flexibility index (Phi) is 4.88. The molecule has 0 spiro atoms. The molecule has 6 nitrogen and oxygen atoms in total. The van der Waals surface area contributed by atoms with Crippen LogP contribution in [0.1, 0.15) is 54.5 Å². The first-order valence-electron chi connectivity index (χ1n) is 7.39. The molecule has 1 saturated carbocycles. The Morgan fingerprint density at radius 1 is 1.14 bits per heavy atom. The lowest BCUT2D eigenvalue weighted by atomic mass is 9.87. The molecule has 1 aromatic heterocycles. The number of urea groups is 1. The Morgan fingerprint density at radius 3 is 2.38 bits per heavy atom. The second kappa shape index (κ2) is 6.65. The van der Waals surface area contributed by atoms with E-state index in [0.29, 0.717) is 17.1 Å². The third-order valence-corrected chi connectivity index (χ3v) is 3.93. The number of hydrogen-bond acceptors (Lipinski definition) is 3. The Morgan fingerprint density at radius 2 is 1.81 bits per heavy atom. The van der Waals surface area contributed by atoms with Crippen LogP contribution in [0, 0.1) is 19.8 Å². The minimum absolute atomic E-state index is 0.191. The molecule has 6 heteroatoms. The Hall–Kier alpha value is -1.98. The lowest BCUT2D eigenvalue weighted by Gasteiger charge is -2.26. The van der Waals surface area contributed by atoms with Gasteiger partial charge in [0.25, 0.3) is 5.91 Å². The van der Waals surface area contributed by atoms with E-state index in [1.54, 1.807) is 19.9 Å². The molecule has 0 radical (unpaired) electrons. The van der Waals surface area contributed by atoms with Gasteiger partial charge < -0.3 is 9.73 Å². The molecule has 1 aliphatic rings. The summed E-state index contributed by atoms with van der Waals surface area (Å²) in [6, 6.07) is 1.46. The number of rotatable bonds is 2. The highest BCUT2D eigenvalue weighted by molar-refractivity contribution is 5.96. The molecule has 1 aliphatic carbocycles. The van der Waals surface area contributed by atoms with Gasteiger partial charge in [0.2, 0.25) is 0 Å². The SMILES string of the molecule is Cc1cc(C(=O)NNC(=O)NC2CCC(C)CC2)c(C)o1. The monoisotopic (exact) mass is 293 g/mol.